The normalized spacial score (nSPS) is 23.4. The molecule has 1 saturated carbocycles. The first-order valence-corrected chi connectivity index (χ1v) is 6.13. The molecule has 0 bridgehead atoms. The van der Waals surface area contributed by atoms with Gasteiger partial charge in [-0.25, -0.2) is 0 Å². The molecule has 2 unspecified atom stereocenters. The Labute approximate surface area is 98.0 Å². The number of methoxy groups -OCH3 is 1. The number of hydrogen-bond acceptors (Lipinski definition) is 2. The Kier molecular flexibility index (Phi) is 3.97. The highest BCUT2D eigenvalue weighted by molar-refractivity contribution is 5.23. The fraction of sp³-hybridized carbons (Fsp3) is 0.571. The van der Waals surface area contributed by atoms with Crippen molar-refractivity contribution in [3.8, 4) is 0 Å². The fourth-order valence-corrected chi connectivity index (χ4v) is 2.19. The summed E-state index contributed by atoms with van der Waals surface area (Å²) in [7, 11) is 1.74. The van der Waals surface area contributed by atoms with Gasteiger partial charge in [0.05, 0.1) is 6.61 Å². The van der Waals surface area contributed by atoms with Crippen LogP contribution in [0.25, 0.3) is 0 Å². The maximum Gasteiger partial charge on any atom is 0.0713 e. The lowest BCUT2D eigenvalue weighted by Gasteiger charge is -2.06. The van der Waals surface area contributed by atoms with Crippen molar-refractivity contribution in [1.29, 1.82) is 0 Å². The van der Waals surface area contributed by atoms with Crippen LogP contribution in [-0.2, 0) is 17.9 Å². The minimum atomic E-state index is 0.703. The lowest BCUT2D eigenvalue weighted by Crippen LogP contribution is -2.17. The molecule has 0 amide bonds. The van der Waals surface area contributed by atoms with E-state index in [-0.39, 0.29) is 0 Å². The largest absolute Gasteiger partial charge is 0.380 e. The number of nitrogens with one attached hydrogen (secondary N) is 1. The Morgan fingerprint density at radius 2 is 2.19 bits per heavy atom. The molecule has 0 aromatic heterocycles. The average molecular weight is 219 g/mol. The zero-order valence-corrected chi connectivity index (χ0v) is 10.2. The van der Waals surface area contributed by atoms with Crippen molar-refractivity contribution in [2.75, 3.05) is 7.11 Å². The standard InChI is InChI=1S/C14H21NO/c1-3-13-8-14(13)15-9-11-5-4-6-12(7-11)10-16-2/h4-7,13-15H,3,8-10H2,1-2H3. The van der Waals surface area contributed by atoms with Gasteiger partial charge >= 0.3 is 0 Å². The molecule has 0 saturated heterocycles. The summed E-state index contributed by atoms with van der Waals surface area (Å²) in [6.45, 7) is 3.96. The molecular weight excluding hydrogens is 198 g/mol. The van der Waals surface area contributed by atoms with E-state index in [1.807, 2.05) is 0 Å². The fourth-order valence-electron chi connectivity index (χ4n) is 2.19. The molecule has 2 atom stereocenters. The van der Waals surface area contributed by atoms with E-state index in [1.54, 1.807) is 7.11 Å². The molecule has 88 valence electrons. The molecule has 2 nitrogen and oxygen atoms in total. The Morgan fingerprint density at radius 3 is 2.88 bits per heavy atom. The highest BCUT2D eigenvalue weighted by Gasteiger charge is 2.34. The van der Waals surface area contributed by atoms with Gasteiger partial charge in [0.1, 0.15) is 0 Å². The van der Waals surface area contributed by atoms with Crippen LogP contribution in [-0.4, -0.2) is 13.2 Å². The van der Waals surface area contributed by atoms with Crippen molar-refractivity contribution in [2.24, 2.45) is 5.92 Å². The number of benzene rings is 1. The maximum atomic E-state index is 5.13. The topological polar surface area (TPSA) is 21.3 Å². The summed E-state index contributed by atoms with van der Waals surface area (Å²) in [6, 6.07) is 9.38. The molecule has 0 radical (unpaired) electrons. The number of ether oxygens (including phenoxy) is 1. The molecule has 1 aliphatic rings. The van der Waals surface area contributed by atoms with Gasteiger partial charge in [0.2, 0.25) is 0 Å². The van der Waals surface area contributed by atoms with Crippen molar-refractivity contribution >= 4 is 0 Å². The highest BCUT2D eigenvalue weighted by atomic mass is 16.5. The Hall–Kier alpha value is -0.860. The molecular formula is C14H21NO. The van der Waals surface area contributed by atoms with Crippen LogP contribution >= 0.6 is 0 Å². The first-order chi connectivity index (χ1) is 7.83. The number of hydrogen-bond donors (Lipinski definition) is 1. The summed E-state index contributed by atoms with van der Waals surface area (Å²) >= 11 is 0. The van der Waals surface area contributed by atoms with Crippen LogP contribution in [0.15, 0.2) is 24.3 Å². The SMILES string of the molecule is CCC1CC1NCc1cccc(COC)c1. The predicted molar refractivity (Wildman–Crippen MR) is 66.2 cm³/mol. The Bertz CT molecular complexity index is 337. The van der Waals surface area contributed by atoms with Crippen LogP contribution in [0.5, 0.6) is 0 Å². The molecule has 0 spiro atoms. The summed E-state index contributed by atoms with van der Waals surface area (Å²) in [6.07, 6.45) is 2.66. The molecule has 1 fully saturated rings. The van der Waals surface area contributed by atoms with E-state index in [0.29, 0.717) is 6.61 Å². The zero-order chi connectivity index (χ0) is 11.4. The summed E-state index contributed by atoms with van der Waals surface area (Å²) in [4.78, 5) is 0. The first-order valence-electron chi connectivity index (χ1n) is 6.13. The third-order valence-electron chi connectivity index (χ3n) is 3.32. The van der Waals surface area contributed by atoms with Crippen LogP contribution in [0.1, 0.15) is 30.9 Å². The third-order valence-corrected chi connectivity index (χ3v) is 3.32. The first kappa shape index (κ1) is 11.6. The molecule has 0 aliphatic heterocycles. The van der Waals surface area contributed by atoms with E-state index >= 15 is 0 Å². The van der Waals surface area contributed by atoms with Gasteiger partial charge in [-0.1, -0.05) is 37.6 Å². The molecule has 2 heteroatoms. The molecule has 0 heterocycles. The quantitative estimate of drug-likeness (QED) is 0.794. The monoisotopic (exact) mass is 219 g/mol. The van der Waals surface area contributed by atoms with Crippen molar-refractivity contribution in [1.82, 2.24) is 5.32 Å². The molecule has 1 aromatic carbocycles. The second-order valence-corrected chi connectivity index (χ2v) is 4.64. The van der Waals surface area contributed by atoms with Crippen LogP contribution in [0.3, 0.4) is 0 Å². The van der Waals surface area contributed by atoms with Crippen molar-refractivity contribution in [3.05, 3.63) is 35.4 Å². The Morgan fingerprint density at radius 1 is 1.38 bits per heavy atom. The minimum Gasteiger partial charge on any atom is -0.380 e. The molecule has 2 rings (SSSR count). The van der Waals surface area contributed by atoms with E-state index in [0.717, 1.165) is 18.5 Å². The van der Waals surface area contributed by atoms with Gasteiger partial charge in [0.25, 0.3) is 0 Å². The van der Waals surface area contributed by atoms with E-state index in [1.165, 1.54) is 24.0 Å². The van der Waals surface area contributed by atoms with Gasteiger partial charge < -0.3 is 10.1 Å². The van der Waals surface area contributed by atoms with Crippen LogP contribution in [0.4, 0.5) is 0 Å². The van der Waals surface area contributed by atoms with E-state index in [9.17, 15) is 0 Å². The van der Waals surface area contributed by atoms with Crippen molar-refractivity contribution < 1.29 is 4.74 Å². The van der Waals surface area contributed by atoms with Gasteiger partial charge in [0.15, 0.2) is 0 Å². The smallest absolute Gasteiger partial charge is 0.0713 e. The number of rotatable bonds is 6. The molecule has 16 heavy (non-hydrogen) atoms. The van der Waals surface area contributed by atoms with Gasteiger partial charge in [-0.2, -0.15) is 0 Å². The van der Waals surface area contributed by atoms with Crippen LogP contribution in [0.2, 0.25) is 0 Å². The highest BCUT2D eigenvalue weighted by Crippen LogP contribution is 2.33. The van der Waals surface area contributed by atoms with Crippen molar-refractivity contribution in [3.63, 3.8) is 0 Å². The summed E-state index contributed by atoms with van der Waals surface area (Å²) in [5, 5.41) is 3.60. The van der Waals surface area contributed by atoms with Gasteiger partial charge in [0, 0.05) is 19.7 Å². The molecule has 1 N–H and O–H groups in total. The van der Waals surface area contributed by atoms with Gasteiger partial charge in [-0.3, -0.25) is 0 Å². The molecule has 1 aliphatic carbocycles. The van der Waals surface area contributed by atoms with E-state index in [4.69, 9.17) is 4.74 Å². The van der Waals surface area contributed by atoms with E-state index < -0.39 is 0 Å². The zero-order valence-electron chi connectivity index (χ0n) is 10.2. The summed E-state index contributed by atoms with van der Waals surface area (Å²) in [5.74, 6) is 0.919. The second-order valence-electron chi connectivity index (χ2n) is 4.64. The van der Waals surface area contributed by atoms with Crippen LogP contribution < -0.4 is 5.32 Å². The third kappa shape index (κ3) is 3.06. The lowest BCUT2D eigenvalue weighted by molar-refractivity contribution is 0.185. The van der Waals surface area contributed by atoms with E-state index in [2.05, 4.69) is 36.5 Å². The van der Waals surface area contributed by atoms with Gasteiger partial charge in [-0.15, -0.1) is 0 Å². The predicted octanol–water partition coefficient (Wildman–Crippen LogP) is 2.72. The summed E-state index contributed by atoms with van der Waals surface area (Å²) in [5.41, 5.74) is 2.61. The Balaban J connectivity index is 1.82. The second kappa shape index (κ2) is 5.46. The lowest BCUT2D eigenvalue weighted by atomic mass is 10.1. The summed E-state index contributed by atoms with van der Waals surface area (Å²) < 4.78 is 5.13. The van der Waals surface area contributed by atoms with Crippen LogP contribution in [0, 0.1) is 5.92 Å². The van der Waals surface area contributed by atoms with Gasteiger partial charge in [-0.05, 0) is 23.5 Å². The molecule has 1 aromatic rings. The maximum absolute atomic E-state index is 5.13. The average Bonchev–Trinajstić information content (AvgIpc) is 3.06. The minimum absolute atomic E-state index is 0.703. The van der Waals surface area contributed by atoms with Crippen molar-refractivity contribution in [2.45, 2.75) is 39.0 Å².